The second-order valence-corrected chi connectivity index (χ2v) is 6.76. The van der Waals surface area contributed by atoms with Crippen LogP contribution in [-0.2, 0) is 0 Å². The quantitative estimate of drug-likeness (QED) is 0.907. The molecule has 0 radical (unpaired) electrons. The standard InChI is InChI=1S/C19H25N3O2/c1-13-11-14(2)22(21-13)18-9-5-16(6-10-18)19(24)20-17-7-3-15(12-23)4-8-17/h5-6,9-11,15,17,23H,3-4,7-8,12H2,1-2H3,(H,20,24). The molecule has 1 fully saturated rings. The van der Waals surface area contributed by atoms with E-state index in [2.05, 4.69) is 10.4 Å². The molecule has 1 aromatic heterocycles. The fourth-order valence-electron chi connectivity index (χ4n) is 3.40. The topological polar surface area (TPSA) is 67.2 Å². The maximum absolute atomic E-state index is 12.4. The summed E-state index contributed by atoms with van der Waals surface area (Å²) in [5.74, 6) is 0.376. The summed E-state index contributed by atoms with van der Waals surface area (Å²) in [4.78, 5) is 12.4. The summed E-state index contributed by atoms with van der Waals surface area (Å²) in [5.41, 5.74) is 3.68. The minimum absolute atomic E-state index is 0.0256. The van der Waals surface area contributed by atoms with E-state index in [9.17, 15) is 9.90 Å². The van der Waals surface area contributed by atoms with Crippen molar-refractivity contribution in [3.05, 3.63) is 47.3 Å². The second kappa shape index (κ2) is 7.18. The molecule has 2 aromatic rings. The van der Waals surface area contributed by atoms with Gasteiger partial charge in [0.2, 0.25) is 0 Å². The van der Waals surface area contributed by atoms with Crippen molar-refractivity contribution in [3.63, 3.8) is 0 Å². The van der Waals surface area contributed by atoms with Crippen molar-refractivity contribution >= 4 is 5.91 Å². The first-order valence-corrected chi connectivity index (χ1v) is 8.62. The van der Waals surface area contributed by atoms with Crippen LogP contribution in [0.2, 0.25) is 0 Å². The van der Waals surface area contributed by atoms with Crippen LogP contribution < -0.4 is 5.32 Å². The van der Waals surface area contributed by atoms with Crippen LogP contribution in [0.1, 0.15) is 47.4 Å². The van der Waals surface area contributed by atoms with E-state index >= 15 is 0 Å². The number of amides is 1. The van der Waals surface area contributed by atoms with Crippen molar-refractivity contribution in [2.45, 2.75) is 45.6 Å². The Bertz CT molecular complexity index is 698. The van der Waals surface area contributed by atoms with Crippen LogP contribution >= 0.6 is 0 Å². The Hall–Kier alpha value is -2.14. The van der Waals surface area contributed by atoms with Crippen LogP contribution in [0.4, 0.5) is 0 Å². The number of aliphatic hydroxyl groups is 1. The molecule has 1 saturated carbocycles. The fraction of sp³-hybridized carbons (Fsp3) is 0.474. The predicted octanol–water partition coefficient (Wildman–Crippen LogP) is 2.77. The van der Waals surface area contributed by atoms with Crippen molar-refractivity contribution in [3.8, 4) is 5.69 Å². The van der Waals surface area contributed by atoms with Gasteiger partial charge >= 0.3 is 0 Å². The molecule has 1 amide bonds. The monoisotopic (exact) mass is 327 g/mol. The maximum atomic E-state index is 12.4. The zero-order valence-corrected chi connectivity index (χ0v) is 14.3. The van der Waals surface area contributed by atoms with Crippen molar-refractivity contribution in [1.82, 2.24) is 15.1 Å². The van der Waals surface area contributed by atoms with E-state index in [1.54, 1.807) is 0 Å². The van der Waals surface area contributed by atoms with Crippen LogP contribution in [0.5, 0.6) is 0 Å². The van der Waals surface area contributed by atoms with E-state index in [-0.39, 0.29) is 18.6 Å². The molecule has 3 rings (SSSR count). The second-order valence-electron chi connectivity index (χ2n) is 6.76. The van der Waals surface area contributed by atoms with E-state index in [0.717, 1.165) is 42.8 Å². The molecular formula is C19H25N3O2. The normalized spacial score (nSPS) is 20.8. The van der Waals surface area contributed by atoms with Crippen molar-refractivity contribution in [2.75, 3.05) is 6.61 Å². The number of carbonyl (C=O) groups is 1. The molecule has 1 aliphatic rings. The first-order chi connectivity index (χ1) is 11.6. The highest BCUT2D eigenvalue weighted by atomic mass is 16.3. The molecule has 128 valence electrons. The summed E-state index contributed by atoms with van der Waals surface area (Å²) >= 11 is 0. The molecule has 0 saturated heterocycles. The number of aryl methyl sites for hydroxylation is 2. The lowest BCUT2D eigenvalue weighted by Gasteiger charge is -2.28. The molecule has 5 heteroatoms. The van der Waals surface area contributed by atoms with E-state index in [4.69, 9.17) is 0 Å². The van der Waals surface area contributed by atoms with E-state index in [0.29, 0.717) is 11.5 Å². The zero-order chi connectivity index (χ0) is 17.1. The Morgan fingerprint density at radius 3 is 2.42 bits per heavy atom. The number of aliphatic hydroxyl groups excluding tert-OH is 1. The molecule has 24 heavy (non-hydrogen) atoms. The number of rotatable bonds is 4. The molecular weight excluding hydrogens is 302 g/mol. The van der Waals surface area contributed by atoms with Gasteiger partial charge in [0.25, 0.3) is 5.91 Å². The van der Waals surface area contributed by atoms with Gasteiger partial charge in [0.15, 0.2) is 0 Å². The summed E-state index contributed by atoms with van der Waals surface area (Å²) in [7, 11) is 0. The number of hydrogen-bond acceptors (Lipinski definition) is 3. The maximum Gasteiger partial charge on any atom is 0.251 e. The van der Waals surface area contributed by atoms with Crippen LogP contribution in [0, 0.1) is 19.8 Å². The lowest BCUT2D eigenvalue weighted by atomic mass is 9.86. The van der Waals surface area contributed by atoms with Gasteiger partial charge in [-0.2, -0.15) is 5.10 Å². The Kier molecular flexibility index (Phi) is 5.00. The highest BCUT2D eigenvalue weighted by Crippen LogP contribution is 2.24. The smallest absolute Gasteiger partial charge is 0.251 e. The third-order valence-electron chi connectivity index (χ3n) is 4.82. The third kappa shape index (κ3) is 3.67. The molecule has 0 atom stereocenters. The van der Waals surface area contributed by atoms with E-state index in [1.165, 1.54) is 0 Å². The average Bonchev–Trinajstić information content (AvgIpc) is 2.94. The Morgan fingerprint density at radius 2 is 1.88 bits per heavy atom. The number of aromatic nitrogens is 2. The minimum atomic E-state index is -0.0256. The SMILES string of the molecule is Cc1cc(C)n(-c2ccc(C(=O)NC3CCC(CO)CC3)cc2)n1. The first kappa shape index (κ1) is 16.7. The third-order valence-corrected chi connectivity index (χ3v) is 4.82. The van der Waals surface area contributed by atoms with Gasteiger partial charge in [0.1, 0.15) is 0 Å². The number of benzene rings is 1. The molecule has 1 aliphatic carbocycles. The van der Waals surface area contributed by atoms with E-state index < -0.39 is 0 Å². The van der Waals surface area contributed by atoms with Crippen LogP contribution in [-0.4, -0.2) is 33.4 Å². The Morgan fingerprint density at radius 1 is 1.21 bits per heavy atom. The van der Waals surface area contributed by atoms with Crippen molar-refractivity contribution in [1.29, 1.82) is 0 Å². The van der Waals surface area contributed by atoms with Crippen molar-refractivity contribution < 1.29 is 9.90 Å². The van der Waals surface area contributed by atoms with Gasteiger partial charge in [0, 0.05) is 23.9 Å². The number of hydrogen-bond donors (Lipinski definition) is 2. The molecule has 0 spiro atoms. The summed E-state index contributed by atoms with van der Waals surface area (Å²) in [6.45, 7) is 4.24. The fourth-order valence-corrected chi connectivity index (χ4v) is 3.40. The first-order valence-electron chi connectivity index (χ1n) is 8.62. The van der Waals surface area contributed by atoms with Gasteiger partial charge in [-0.05, 0) is 75.8 Å². The number of carbonyl (C=O) groups excluding carboxylic acids is 1. The molecule has 0 aliphatic heterocycles. The minimum Gasteiger partial charge on any atom is -0.396 e. The predicted molar refractivity (Wildman–Crippen MR) is 93.3 cm³/mol. The van der Waals surface area contributed by atoms with Gasteiger partial charge in [-0.3, -0.25) is 4.79 Å². The van der Waals surface area contributed by atoms with E-state index in [1.807, 2.05) is 48.9 Å². The van der Waals surface area contributed by atoms with Gasteiger partial charge in [-0.25, -0.2) is 4.68 Å². The summed E-state index contributed by atoms with van der Waals surface area (Å²) < 4.78 is 1.88. The summed E-state index contributed by atoms with van der Waals surface area (Å²) in [6.07, 6.45) is 3.86. The van der Waals surface area contributed by atoms with Gasteiger partial charge in [-0.15, -0.1) is 0 Å². The number of nitrogens with zero attached hydrogens (tertiary/aromatic N) is 2. The summed E-state index contributed by atoms with van der Waals surface area (Å²) in [6, 6.07) is 9.80. The van der Waals surface area contributed by atoms with Crippen molar-refractivity contribution in [2.24, 2.45) is 5.92 Å². The molecule has 2 N–H and O–H groups in total. The molecule has 5 nitrogen and oxygen atoms in total. The lowest BCUT2D eigenvalue weighted by molar-refractivity contribution is 0.0914. The Balaban J connectivity index is 1.63. The van der Waals surface area contributed by atoms with Gasteiger partial charge < -0.3 is 10.4 Å². The largest absolute Gasteiger partial charge is 0.396 e. The van der Waals surface area contributed by atoms with Crippen LogP contribution in [0.15, 0.2) is 30.3 Å². The molecule has 1 heterocycles. The number of nitrogens with one attached hydrogen (secondary N) is 1. The van der Waals surface area contributed by atoms with Crippen LogP contribution in [0.3, 0.4) is 0 Å². The average molecular weight is 327 g/mol. The van der Waals surface area contributed by atoms with Gasteiger partial charge in [0.05, 0.1) is 11.4 Å². The highest BCUT2D eigenvalue weighted by molar-refractivity contribution is 5.94. The molecule has 1 aromatic carbocycles. The molecule has 0 unspecified atom stereocenters. The van der Waals surface area contributed by atoms with Crippen LogP contribution in [0.25, 0.3) is 5.69 Å². The Labute approximate surface area is 142 Å². The highest BCUT2D eigenvalue weighted by Gasteiger charge is 2.22. The van der Waals surface area contributed by atoms with Gasteiger partial charge in [-0.1, -0.05) is 0 Å². The molecule has 0 bridgehead atoms. The lowest BCUT2D eigenvalue weighted by Crippen LogP contribution is -2.38. The summed E-state index contributed by atoms with van der Waals surface area (Å²) in [5, 5.41) is 16.8. The zero-order valence-electron chi connectivity index (χ0n) is 14.3.